The number of H-pyrrole nitrogens is 1. The summed E-state index contributed by atoms with van der Waals surface area (Å²) in [5.41, 5.74) is 0.200. The van der Waals surface area contributed by atoms with Crippen LogP contribution in [0.2, 0.25) is 0 Å². The highest BCUT2D eigenvalue weighted by Gasteiger charge is 2.20. The van der Waals surface area contributed by atoms with Crippen LogP contribution < -0.4 is 0 Å². The number of methoxy groups -OCH3 is 2. The third kappa shape index (κ3) is 1.56. The van der Waals surface area contributed by atoms with Crippen LogP contribution in [0.15, 0.2) is 12.1 Å². The molecule has 0 aliphatic rings. The van der Waals surface area contributed by atoms with Crippen molar-refractivity contribution >= 4 is 10.9 Å². The lowest BCUT2D eigenvalue weighted by Crippen LogP contribution is -2.05. The van der Waals surface area contributed by atoms with E-state index in [2.05, 4.69) is 10.2 Å². The molecule has 86 valence electrons. The lowest BCUT2D eigenvalue weighted by molar-refractivity contribution is -0.107. The molecule has 0 atom stereocenters. The smallest absolute Gasteiger partial charge is 0.200 e. The zero-order chi connectivity index (χ0) is 11.7. The molecule has 0 spiro atoms. The first-order chi connectivity index (χ1) is 7.69. The standard InChI is InChI=1S/C10H10F2N2O2/c1-15-10(16-2)9-7-5(11)3-4-6(12)8(7)13-14-9/h3-4,10H,1-2H3,(H,13,14). The molecule has 0 aliphatic carbocycles. The Morgan fingerprint density at radius 1 is 1.19 bits per heavy atom. The summed E-state index contributed by atoms with van der Waals surface area (Å²) in [7, 11) is 2.80. The second kappa shape index (κ2) is 4.15. The zero-order valence-electron chi connectivity index (χ0n) is 8.75. The van der Waals surface area contributed by atoms with Crippen LogP contribution in [0.1, 0.15) is 12.0 Å². The number of ether oxygens (including phenoxy) is 2. The molecule has 0 radical (unpaired) electrons. The predicted octanol–water partition coefficient (Wildman–Crippen LogP) is 2.13. The molecule has 0 saturated heterocycles. The minimum atomic E-state index is -0.804. The number of benzene rings is 1. The molecule has 2 aromatic rings. The Labute approximate surface area is 90.2 Å². The molecule has 0 saturated carbocycles. The van der Waals surface area contributed by atoms with E-state index in [0.717, 1.165) is 12.1 Å². The van der Waals surface area contributed by atoms with Crippen molar-refractivity contribution in [3.8, 4) is 0 Å². The summed E-state index contributed by atoms with van der Waals surface area (Å²) in [6.07, 6.45) is -0.804. The lowest BCUT2D eigenvalue weighted by Gasteiger charge is -2.11. The van der Waals surface area contributed by atoms with Crippen LogP contribution in [0.25, 0.3) is 10.9 Å². The summed E-state index contributed by atoms with van der Waals surface area (Å²) in [5.74, 6) is -1.16. The van der Waals surface area contributed by atoms with E-state index >= 15 is 0 Å². The van der Waals surface area contributed by atoms with E-state index in [1.54, 1.807) is 0 Å². The van der Waals surface area contributed by atoms with Crippen molar-refractivity contribution < 1.29 is 18.3 Å². The highest BCUT2D eigenvalue weighted by atomic mass is 19.1. The number of hydrogen-bond donors (Lipinski definition) is 1. The van der Waals surface area contributed by atoms with E-state index in [9.17, 15) is 8.78 Å². The van der Waals surface area contributed by atoms with Gasteiger partial charge in [-0.3, -0.25) is 5.10 Å². The number of fused-ring (bicyclic) bond motifs is 1. The van der Waals surface area contributed by atoms with Gasteiger partial charge < -0.3 is 9.47 Å². The summed E-state index contributed by atoms with van der Waals surface area (Å²) in [5, 5.41) is 6.26. The van der Waals surface area contributed by atoms with Gasteiger partial charge in [0.05, 0.1) is 5.39 Å². The average molecular weight is 228 g/mol. The first-order valence-electron chi connectivity index (χ1n) is 4.56. The van der Waals surface area contributed by atoms with Gasteiger partial charge in [0, 0.05) is 14.2 Å². The Hall–Kier alpha value is -1.53. The Bertz CT molecular complexity index is 509. The van der Waals surface area contributed by atoms with Crippen LogP contribution in [0, 0.1) is 11.6 Å². The molecule has 0 fully saturated rings. The van der Waals surface area contributed by atoms with Gasteiger partial charge in [-0.2, -0.15) is 5.10 Å². The number of nitrogens with one attached hydrogen (secondary N) is 1. The van der Waals surface area contributed by atoms with Crippen LogP contribution in [-0.2, 0) is 9.47 Å². The SMILES string of the molecule is COC(OC)c1[nH]nc2c(F)ccc(F)c12. The van der Waals surface area contributed by atoms with E-state index in [1.165, 1.54) is 14.2 Å². The fourth-order valence-electron chi connectivity index (χ4n) is 1.58. The van der Waals surface area contributed by atoms with Crippen LogP contribution in [0.5, 0.6) is 0 Å². The highest BCUT2D eigenvalue weighted by Crippen LogP contribution is 2.28. The number of hydrogen-bond acceptors (Lipinski definition) is 3. The van der Waals surface area contributed by atoms with Crippen molar-refractivity contribution in [2.24, 2.45) is 0 Å². The van der Waals surface area contributed by atoms with Crippen LogP contribution in [0.3, 0.4) is 0 Å². The van der Waals surface area contributed by atoms with Gasteiger partial charge in [0.25, 0.3) is 0 Å². The fourth-order valence-corrected chi connectivity index (χ4v) is 1.58. The third-order valence-electron chi connectivity index (χ3n) is 2.30. The summed E-state index contributed by atoms with van der Waals surface area (Å²) < 4.78 is 36.8. The normalized spacial score (nSPS) is 11.6. The van der Waals surface area contributed by atoms with Gasteiger partial charge in [0.1, 0.15) is 17.0 Å². The van der Waals surface area contributed by atoms with Gasteiger partial charge in [-0.05, 0) is 12.1 Å². The first-order valence-corrected chi connectivity index (χ1v) is 4.56. The number of aromatic nitrogens is 2. The summed E-state index contributed by atoms with van der Waals surface area (Å²) >= 11 is 0. The molecule has 0 unspecified atom stereocenters. The Balaban J connectivity index is 2.68. The highest BCUT2D eigenvalue weighted by molar-refractivity contribution is 5.82. The molecule has 16 heavy (non-hydrogen) atoms. The maximum absolute atomic E-state index is 13.6. The molecule has 1 aromatic carbocycles. The molecule has 0 aliphatic heterocycles. The fraction of sp³-hybridized carbons (Fsp3) is 0.300. The molecule has 2 rings (SSSR count). The van der Waals surface area contributed by atoms with Crippen LogP contribution in [-0.4, -0.2) is 24.4 Å². The molecule has 1 N–H and O–H groups in total. The van der Waals surface area contributed by atoms with Gasteiger partial charge in [0.15, 0.2) is 5.82 Å². The number of nitrogens with zero attached hydrogens (tertiary/aromatic N) is 1. The molecule has 6 heteroatoms. The molecule has 0 amide bonds. The monoisotopic (exact) mass is 228 g/mol. The zero-order valence-corrected chi connectivity index (χ0v) is 8.75. The Morgan fingerprint density at radius 3 is 2.44 bits per heavy atom. The minimum absolute atomic E-state index is 0.0497. The van der Waals surface area contributed by atoms with Crippen molar-refractivity contribution in [1.29, 1.82) is 0 Å². The van der Waals surface area contributed by atoms with E-state index in [1.807, 2.05) is 0 Å². The van der Waals surface area contributed by atoms with Crippen LogP contribution >= 0.6 is 0 Å². The van der Waals surface area contributed by atoms with Crippen molar-refractivity contribution in [2.75, 3.05) is 14.2 Å². The number of rotatable bonds is 3. The van der Waals surface area contributed by atoms with Gasteiger partial charge in [-0.1, -0.05) is 0 Å². The van der Waals surface area contributed by atoms with E-state index in [0.29, 0.717) is 0 Å². The van der Waals surface area contributed by atoms with E-state index < -0.39 is 17.9 Å². The molecular formula is C10H10F2N2O2. The quantitative estimate of drug-likeness (QED) is 0.818. The van der Waals surface area contributed by atoms with E-state index in [-0.39, 0.29) is 16.6 Å². The summed E-state index contributed by atoms with van der Waals surface area (Å²) in [4.78, 5) is 0. The second-order valence-corrected chi connectivity index (χ2v) is 3.19. The Kier molecular flexibility index (Phi) is 2.84. The van der Waals surface area contributed by atoms with Crippen molar-refractivity contribution in [1.82, 2.24) is 10.2 Å². The number of halogens is 2. The van der Waals surface area contributed by atoms with E-state index in [4.69, 9.17) is 9.47 Å². The largest absolute Gasteiger partial charge is 0.350 e. The van der Waals surface area contributed by atoms with Gasteiger partial charge in [-0.25, -0.2) is 8.78 Å². The first kappa shape index (κ1) is 11.0. The maximum Gasteiger partial charge on any atom is 0.200 e. The van der Waals surface area contributed by atoms with Crippen molar-refractivity contribution in [3.63, 3.8) is 0 Å². The minimum Gasteiger partial charge on any atom is -0.350 e. The van der Waals surface area contributed by atoms with Gasteiger partial charge in [0.2, 0.25) is 6.29 Å². The van der Waals surface area contributed by atoms with Crippen molar-refractivity contribution in [3.05, 3.63) is 29.5 Å². The number of aromatic amines is 1. The topological polar surface area (TPSA) is 47.1 Å². The summed E-state index contributed by atoms with van der Waals surface area (Å²) in [6, 6.07) is 2.07. The molecule has 1 aromatic heterocycles. The lowest BCUT2D eigenvalue weighted by atomic mass is 10.2. The molecule has 0 bridgehead atoms. The van der Waals surface area contributed by atoms with Crippen molar-refractivity contribution in [2.45, 2.75) is 6.29 Å². The average Bonchev–Trinajstić information content (AvgIpc) is 2.72. The second-order valence-electron chi connectivity index (χ2n) is 3.19. The molecule has 1 heterocycles. The predicted molar refractivity (Wildman–Crippen MR) is 52.8 cm³/mol. The summed E-state index contributed by atoms with van der Waals surface area (Å²) in [6.45, 7) is 0. The Morgan fingerprint density at radius 2 is 1.81 bits per heavy atom. The van der Waals surface area contributed by atoms with Gasteiger partial charge >= 0.3 is 0 Å². The van der Waals surface area contributed by atoms with Gasteiger partial charge in [-0.15, -0.1) is 0 Å². The molecule has 4 nitrogen and oxygen atoms in total. The third-order valence-corrected chi connectivity index (χ3v) is 2.30. The van der Waals surface area contributed by atoms with Crippen LogP contribution in [0.4, 0.5) is 8.78 Å². The maximum atomic E-state index is 13.6. The molecular weight excluding hydrogens is 218 g/mol.